The Bertz CT molecular complexity index is 1050. The minimum atomic E-state index is -4.95. The molecule has 1 aliphatic rings. The van der Waals surface area contributed by atoms with Crippen molar-refractivity contribution in [3.8, 4) is 5.75 Å². The van der Waals surface area contributed by atoms with Crippen LogP contribution in [0.1, 0.15) is 38.2 Å². The van der Waals surface area contributed by atoms with Gasteiger partial charge in [0.2, 0.25) is 12.0 Å². The number of fused-ring (bicyclic) bond motifs is 1. The van der Waals surface area contributed by atoms with Gasteiger partial charge in [0.05, 0.1) is 16.4 Å². The SMILES string of the molecule is CC(=O)N[C@@H](CCCCC(=N)N)C(=O)OCCOC(=O)C1=Cc2cc(Cl)cc(Cl)c2O[C@@H]1C(F)(F)F. The number of unbranched alkanes of at least 4 members (excludes halogenated alkanes) is 1. The molecule has 1 heterocycles. The van der Waals surface area contributed by atoms with Crippen molar-refractivity contribution in [1.82, 2.24) is 5.32 Å². The molecule has 0 aliphatic carbocycles. The number of alkyl halides is 3. The van der Waals surface area contributed by atoms with Crippen LogP contribution >= 0.6 is 23.2 Å². The van der Waals surface area contributed by atoms with Crippen LogP contribution in [0.25, 0.3) is 6.08 Å². The second-order valence-electron chi connectivity index (χ2n) is 7.77. The average molecular weight is 554 g/mol. The number of rotatable bonds is 11. The molecular formula is C22H24Cl2F3N3O6. The van der Waals surface area contributed by atoms with Crippen LogP contribution in [-0.2, 0) is 23.9 Å². The highest BCUT2D eigenvalue weighted by Gasteiger charge is 2.49. The number of hydrogen-bond donors (Lipinski definition) is 3. The molecule has 14 heteroatoms. The molecule has 36 heavy (non-hydrogen) atoms. The van der Waals surface area contributed by atoms with Crippen LogP contribution < -0.4 is 15.8 Å². The maximum atomic E-state index is 13.6. The number of amidine groups is 1. The van der Waals surface area contributed by atoms with E-state index in [1.807, 2.05) is 0 Å². The van der Waals surface area contributed by atoms with Crippen molar-refractivity contribution >= 4 is 53.0 Å². The molecule has 2 rings (SSSR count). The lowest BCUT2D eigenvalue weighted by Gasteiger charge is -2.28. The van der Waals surface area contributed by atoms with Gasteiger partial charge in [-0.1, -0.05) is 29.6 Å². The van der Waals surface area contributed by atoms with Crippen molar-refractivity contribution in [2.24, 2.45) is 5.73 Å². The third-order valence-corrected chi connectivity index (χ3v) is 5.31. The number of benzene rings is 1. The Morgan fingerprint density at radius 3 is 2.47 bits per heavy atom. The van der Waals surface area contributed by atoms with E-state index in [9.17, 15) is 27.6 Å². The first-order chi connectivity index (χ1) is 16.8. The Balaban J connectivity index is 1.99. The van der Waals surface area contributed by atoms with Gasteiger partial charge in [-0.2, -0.15) is 13.2 Å². The molecule has 1 aromatic rings. The second kappa shape index (κ2) is 12.8. The van der Waals surface area contributed by atoms with Gasteiger partial charge in [0.1, 0.15) is 25.0 Å². The number of halogens is 5. The van der Waals surface area contributed by atoms with Crippen LogP contribution in [0.4, 0.5) is 13.2 Å². The zero-order chi connectivity index (χ0) is 27.0. The molecule has 0 aromatic heterocycles. The molecule has 0 saturated heterocycles. The van der Waals surface area contributed by atoms with E-state index in [2.05, 4.69) is 5.32 Å². The van der Waals surface area contributed by atoms with Crippen molar-refractivity contribution in [2.75, 3.05) is 13.2 Å². The zero-order valence-electron chi connectivity index (χ0n) is 19.0. The van der Waals surface area contributed by atoms with Crippen molar-refractivity contribution in [3.05, 3.63) is 33.3 Å². The number of carbonyl (C=O) groups is 3. The number of hydrogen-bond acceptors (Lipinski definition) is 7. The highest BCUT2D eigenvalue weighted by Crippen LogP contribution is 2.42. The van der Waals surface area contributed by atoms with Crippen molar-refractivity contribution in [2.45, 2.75) is 50.9 Å². The fourth-order valence-corrected chi connectivity index (χ4v) is 3.82. The first-order valence-electron chi connectivity index (χ1n) is 10.7. The minimum Gasteiger partial charge on any atom is -0.474 e. The summed E-state index contributed by atoms with van der Waals surface area (Å²) < 4.78 is 55.5. The zero-order valence-corrected chi connectivity index (χ0v) is 20.6. The summed E-state index contributed by atoms with van der Waals surface area (Å²) in [6, 6.07) is 1.50. The lowest BCUT2D eigenvalue weighted by atomic mass is 10.0. The van der Waals surface area contributed by atoms with E-state index in [4.69, 9.17) is 48.6 Å². The van der Waals surface area contributed by atoms with E-state index in [1.54, 1.807) is 0 Å². The number of nitrogens with one attached hydrogen (secondary N) is 2. The van der Waals surface area contributed by atoms with Gasteiger partial charge in [-0.15, -0.1) is 0 Å². The van der Waals surface area contributed by atoms with Crippen LogP contribution in [0, 0.1) is 5.41 Å². The molecule has 0 spiro atoms. The number of nitrogens with two attached hydrogens (primary N) is 1. The van der Waals surface area contributed by atoms with Crippen molar-refractivity contribution < 1.29 is 41.8 Å². The molecule has 4 N–H and O–H groups in total. The number of esters is 2. The number of carbonyl (C=O) groups excluding carboxylic acids is 3. The van der Waals surface area contributed by atoms with Gasteiger partial charge < -0.3 is 25.3 Å². The predicted molar refractivity (Wildman–Crippen MR) is 125 cm³/mol. The quantitative estimate of drug-likeness (QED) is 0.164. The maximum Gasteiger partial charge on any atom is 0.430 e. The third-order valence-electron chi connectivity index (χ3n) is 4.81. The van der Waals surface area contributed by atoms with Gasteiger partial charge in [-0.25, -0.2) is 9.59 Å². The van der Waals surface area contributed by atoms with Gasteiger partial charge >= 0.3 is 18.1 Å². The molecule has 1 aromatic carbocycles. The van der Waals surface area contributed by atoms with E-state index < -0.39 is 55.0 Å². The summed E-state index contributed by atoms with van der Waals surface area (Å²) in [5.74, 6) is -2.90. The van der Waals surface area contributed by atoms with Crippen LogP contribution in [-0.4, -0.2) is 55.2 Å². The molecule has 1 amide bonds. The first-order valence-corrected chi connectivity index (χ1v) is 11.4. The van der Waals surface area contributed by atoms with Crippen LogP contribution in [0.15, 0.2) is 17.7 Å². The second-order valence-corrected chi connectivity index (χ2v) is 8.62. The van der Waals surface area contributed by atoms with Gasteiger partial charge in [0.25, 0.3) is 0 Å². The Hall–Kier alpha value is -2.99. The summed E-state index contributed by atoms with van der Waals surface area (Å²) in [4.78, 5) is 36.1. The van der Waals surface area contributed by atoms with Gasteiger partial charge in [0, 0.05) is 23.9 Å². The lowest BCUT2D eigenvalue weighted by molar-refractivity contribution is -0.188. The molecule has 198 valence electrons. The number of amides is 1. The van der Waals surface area contributed by atoms with Crippen molar-refractivity contribution in [3.63, 3.8) is 0 Å². The van der Waals surface area contributed by atoms with E-state index in [-0.39, 0.29) is 33.6 Å². The molecule has 0 bridgehead atoms. The fourth-order valence-electron chi connectivity index (χ4n) is 3.26. The summed E-state index contributed by atoms with van der Waals surface area (Å²) in [6.07, 6.45) is -5.11. The topological polar surface area (TPSA) is 141 Å². The van der Waals surface area contributed by atoms with Gasteiger partial charge in [-0.3, -0.25) is 10.2 Å². The molecule has 2 atom stereocenters. The van der Waals surface area contributed by atoms with Crippen LogP contribution in [0.2, 0.25) is 10.0 Å². The summed E-state index contributed by atoms with van der Waals surface area (Å²) >= 11 is 11.8. The average Bonchev–Trinajstić information content (AvgIpc) is 2.76. The molecule has 0 radical (unpaired) electrons. The van der Waals surface area contributed by atoms with E-state index >= 15 is 0 Å². The first kappa shape index (κ1) is 29.2. The smallest absolute Gasteiger partial charge is 0.430 e. The molecular weight excluding hydrogens is 530 g/mol. The van der Waals surface area contributed by atoms with E-state index in [0.717, 1.165) is 6.08 Å². The fraction of sp³-hybridized carbons (Fsp3) is 0.455. The summed E-state index contributed by atoms with van der Waals surface area (Å²) in [5.41, 5.74) is 4.50. The van der Waals surface area contributed by atoms with Crippen molar-refractivity contribution in [1.29, 1.82) is 5.41 Å². The highest BCUT2D eigenvalue weighted by molar-refractivity contribution is 6.36. The third kappa shape index (κ3) is 8.59. The van der Waals surface area contributed by atoms with E-state index in [1.165, 1.54) is 19.1 Å². The normalized spacial score (nSPS) is 15.6. The standard InChI is InChI=1S/C22H24Cl2F3N3O6/c1-11(31)30-16(4-2-3-5-17(28)29)21(33)35-7-6-34-20(32)14-9-12-8-13(23)10-15(24)18(12)36-19(14)22(25,26)27/h8-10,16,19H,2-7H2,1H3,(H3,28,29)(H,30,31)/t16-,19-/m0/s1. The maximum absolute atomic E-state index is 13.6. The Kier molecular flexibility index (Phi) is 10.4. The summed E-state index contributed by atoms with van der Waals surface area (Å²) in [5, 5.41) is 9.59. The summed E-state index contributed by atoms with van der Waals surface area (Å²) in [7, 11) is 0. The predicted octanol–water partition coefficient (Wildman–Crippen LogP) is 3.79. The lowest BCUT2D eigenvalue weighted by Crippen LogP contribution is -2.41. The summed E-state index contributed by atoms with van der Waals surface area (Å²) in [6.45, 7) is 0.202. The minimum absolute atomic E-state index is 0.00334. The van der Waals surface area contributed by atoms with Crippen LogP contribution in [0.3, 0.4) is 0 Å². The molecule has 0 unspecified atom stereocenters. The molecule has 0 fully saturated rings. The Morgan fingerprint density at radius 1 is 1.19 bits per heavy atom. The highest BCUT2D eigenvalue weighted by atomic mass is 35.5. The largest absolute Gasteiger partial charge is 0.474 e. The monoisotopic (exact) mass is 553 g/mol. The van der Waals surface area contributed by atoms with Gasteiger partial charge in [-0.05, 0) is 31.1 Å². The van der Waals surface area contributed by atoms with E-state index in [0.29, 0.717) is 19.3 Å². The molecule has 0 saturated carbocycles. The number of ether oxygens (including phenoxy) is 3. The Labute approximate surface area is 214 Å². The Morgan fingerprint density at radius 2 is 1.86 bits per heavy atom. The molecule has 9 nitrogen and oxygen atoms in total. The van der Waals surface area contributed by atoms with Crippen LogP contribution in [0.5, 0.6) is 5.75 Å². The molecule has 1 aliphatic heterocycles. The van der Waals surface area contributed by atoms with Gasteiger partial charge in [0.15, 0.2) is 0 Å².